The Morgan fingerprint density at radius 3 is 2.86 bits per heavy atom. The molecule has 0 amide bonds. The molecule has 1 rings (SSSR count). The summed E-state index contributed by atoms with van der Waals surface area (Å²) in [6.45, 7) is -0.377. The predicted octanol–water partition coefficient (Wildman–Crippen LogP) is 2.39. The molecule has 1 unspecified atom stereocenters. The van der Waals surface area contributed by atoms with Gasteiger partial charge in [-0.05, 0) is 23.7 Å². The Balaban J connectivity index is 3.14. The highest BCUT2D eigenvalue weighted by molar-refractivity contribution is 6.30. The molecular formula is C8H8ClN3O2. The normalized spacial score (nSPS) is 11.9. The first-order valence-electron chi connectivity index (χ1n) is 3.82. The van der Waals surface area contributed by atoms with Crippen LogP contribution >= 0.6 is 11.6 Å². The lowest BCUT2D eigenvalue weighted by Crippen LogP contribution is -2.00. The van der Waals surface area contributed by atoms with Crippen LogP contribution in [-0.4, -0.2) is 16.8 Å². The number of aromatic hydroxyl groups is 1. The maximum Gasteiger partial charge on any atom is 0.119 e. The summed E-state index contributed by atoms with van der Waals surface area (Å²) >= 11 is 5.69. The molecule has 2 N–H and O–H groups in total. The number of benzene rings is 1. The smallest absolute Gasteiger partial charge is 0.119 e. The molecule has 0 aliphatic heterocycles. The van der Waals surface area contributed by atoms with Crippen molar-refractivity contribution in [2.45, 2.75) is 6.04 Å². The summed E-state index contributed by atoms with van der Waals surface area (Å²) in [5.41, 5.74) is 8.54. The molecule has 0 spiro atoms. The predicted molar refractivity (Wildman–Crippen MR) is 52.1 cm³/mol. The zero-order chi connectivity index (χ0) is 10.6. The number of halogens is 1. The van der Waals surface area contributed by atoms with E-state index in [0.29, 0.717) is 10.6 Å². The van der Waals surface area contributed by atoms with Crippen molar-refractivity contribution >= 4 is 11.6 Å². The van der Waals surface area contributed by atoms with Crippen molar-refractivity contribution in [3.63, 3.8) is 0 Å². The van der Waals surface area contributed by atoms with E-state index in [1.165, 1.54) is 18.2 Å². The van der Waals surface area contributed by atoms with E-state index in [9.17, 15) is 5.11 Å². The Labute approximate surface area is 85.2 Å². The van der Waals surface area contributed by atoms with Crippen LogP contribution in [0.1, 0.15) is 11.6 Å². The number of phenols is 1. The van der Waals surface area contributed by atoms with Crippen molar-refractivity contribution in [2.24, 2.45) is 5.11 Å². The zero-order valence-electron chi connectivity index (χ0n) is 7.13. The van der Waals surface area contributed by atoms with Crippen molar-refractivity contribution in [1.29, 1.82) is 0 Å². The van der Waals surface area contributed by atoms with Crippen LogP contribution in [0.5, 0.6) is 5.75 Å². The first-order chi connectivity index (χ1) is 6.69. The van der Waals surface area contributed by atoms with Gasteiger partial charge in [0.15, 0.2) is 0 Å². The average Bonchev–Trinajstić information content (AvgIpc) is 2.18. The molecule has 74 valence electrons. The number of nitrogens with zero attached hydrogens (tertiary/aromatic N) is 3. The molecule has 0 radical (unpaired) electrons. The van der Waals surface area contributed by atoms with Gasteiger partial charge in [-0.3, -0.25) is 0 Å². The Morgan fingerprint density at radius 2 is 2.29 bits per heavy atom. The minimum Gasteiger partial charge on any atom is -0.508 e. The van der Waals surface area contributed by atoms with E-state index in [1.54, 1.807) is 0 Å². The zero-order valence-corrected chi connectivity index (χ0v) is 7.89. The van der Waals surface area contributed by atoms with Gasteiger partial charge in [-0.1, -0.05) is 16.7 Å². The van der Waals surface area contributed by atoms with Gasteiger partial charge in [0.2, 0.25) is 0 Å². The summed E-state index contributed by atoms with van der Waals surface area (Å²) in [5, 5.41) is 22.1. The topological polar surface area (TPSA) is 89.2 Å². The molecule has 0 aliphatic rings. The molecule has 0 aromatic heterocycles. The quantitative estimate of drug-likeness (QED) is 0.459. The van der Waals surface area contributed by atoms with E-state index in [-0.39, 0.29) is 12.4 Å². The molecule has 14 heavy (non-hydrogen) atoms. The summed E-state index contributed by atoms with van der Waals surface area (Å²) < 4.78 is 0. The largest absolute Gasteiger partial charge is 0.508 e. The number of azide groups is 1. The Morgan fingerprint density at radius 1 is 1.57 bits per heavy atom. The standard InChI is InChI=1S/C8H8ClN3O2/c9-5-1-2-8(14)6(3-5)7(4-13)11-12-10/h1-3,7,13-14H,4H2. The minimum absolute atomic E-state index is 0.0548. The van der Waals surface area contributed by atoms with Crippen LogP contribution in [0.2, 0.25) is 5.02 Å². The van der Waals surface area contributed by atoms with Gasteiger partial charge in [0.25, 0.3) is 0 Å². The summed E-state index contributed by atoms with van der Waals surface area (Å²) in [5.74, 6) is -0.0548. The lowest BCUT2D eigenvalue weighted by atomic mass is 10.1. The number of aliphatic hydroxyl groups excluding tert-OH is 1. The van der Waals surface area contributed by atoms with Gasteiger partial charge in [0.05, 0.1) is 12.6 Å². The van der Waals surface area contributed by atoms with Gasteiger partial charge in [0.1, 0.15) is 5.75 Å². The third kappa shape index (κ3) is 2.29. The molecule has 1 atom stereocenters. The Hall–Kier alpha value is -1.42. The van der Waals surface area contributed by atoms with Gasteiger partial charge in [-0.15, -0.1) is 0 Å². The number of aliphatic hydroxyl groups is 1. The highest BCUT2D eigenvalue weighted by Gasteiger charge is 2.12. The average molecular weight is 214 g/mol. The van der Waals surface area contributed by atoms with Gasteiger partial charge in [-0.2, -0.15) is 0 Å². The van der Waals surface area contributed by atoms with Crippen molar-refractivity contribution in [3.05, 3.63) is 39.2 Å². The fourth-order valence-electron chi connectivity index (χ4n) is 1.05. The molecule has 0 saturated carbocycles. The Kier molecular flexibility index (Phi) is 3.59. The monoisotopic (exact) mass is 213 g/mol. The maximum absolute atomic E-state index is 9.41. The molecule has 1 aromatic carbocycles. The second-order valence-corrected chi connectivity index (χ2v) is 3.04. The molecule has 0 bridgehead atoms. The third-order valence-corrected chi connectivity index (χ3v) is 1.95. The van der Waals surface area contributed by atoms with E-state index < -0.39 is 6.04 Å². The van der Waals surface area contributed by atoms with E-state index in [4.69, 9.17) is 22.2 Å². The van der Waals surface area contributed by atoms with Crippen molar-refractivity contribution in [3.8, 4) is 5.75 Å². The van der Waals surface area contributed by atoms with E-state index in [1.807, 2.05) is 0 Å². The molecule has 5 nitrogen and oxygen atoms in total. The van der Waals surface area contributed by atoms with Crippen LogP contribution in [0.3, 0.4) is 0 Å². The number of hydrogen-bond acceptors (Lipinski definition) is 3. The van der Waals surface area contributed by atoms with Crippen LogP contribution in [0, 0.1) is 0 Å². The summed E-state index contributed by atoms with van der Waals surface area (Å²) in [6.07, 6.45) is 0. The highest BCUT2D eigenvalue weighted by atomic mass is 35.5. The first-order valence-corrected chi connectivity index (χ1v) is 4.20. The summed E-state index contributed by atoms with van der Waals surface area (Å²) in [7, 11) is 0. The fraction of sp³-hybridized carbons (Fsp3) is 0.250. The molecule has 0 saturated heterocycles. The summed E-state index contributed by atoms with van der Waals surface area (Å²) in [6, 6.07) is 3.53. The lowest BCUT2D eigenvalue weighted by Gasteiger charge is -2.10. The molecule has 6 heteroatoms. The SMILES string of the molecule is [N-]=[N+]=NC(CO)c1cc(Cl)ccc1O. The molecular weight excluding hydrogens is 206 g/mol. The molecule has 0 aliphatic carbocycles. The maximum atomic E-state index is 9.41. The van der Waals surface area contributed by atoms with Gasteiger partial charge in [-0.25, -0.2) is 0 Å². The van der Waals surface area contributed by atoms with E-state index >= 15 is 0 Å². The molecule has 1 aromatic rings. The second-order valence-electron chi connectivity index (χ2n) is 2.61. The van der Waals surface area contributed by atoms with Crippen LogP contribution in [0.25, 0.3) is 10.4 Å². The summed E-state index contributed by atoms with van der Waals surface area (Å²) in [4.78, 5) is 2.56. The number of phenolic OH excluding ortho intramolecular Hbond substituents is 1. The van der Waals surface area contributed by atoms with E-state index in [0.717, 1.165) is 0 Å². The van der Waals surface area contributed by atoms with Crippen LogP contribution in [0.15, 0.2) is 23.3 Å². The van der Waals surface area contributed by atoms with Crippen LogP contribution < -0.4 is 0 Å². The third-order valence-electron chi connectivity index (χ3n) is 1.71. The second kappa shape index (κ2) is 4.72. The van der Waals surface area contributed by atoms with E-state index in [2.05, 4.69) is 10.0 Å². The molecule has 0 fully saturated rings. The lowest BCUT2D eigenvalue weighted by molar-refractivity contribution is 0.265. The number of hydrogen-bond donors (Lipinski definition) is 2. The minimum atomic E-state index is -0.807. The van der Waals surface area contributed by atoms with Crippen LogP contribution in [0.4, 0.5) is 0 Å². The first kappa shape index (κ1) is 10.7. The molecule has 0 heterocycles. The highest BCUT2D eigenvalue weighted by Crippen LogP contribution is 2.29. The van der Waals surface area contributed by atoms with Gasteiger partial charge < -0.3 is 10.2 Å². The van der Waals surface area contributed by atoms with Crippen molar-refractivity contribution in [1.82, 2.24) is 0 Å². The van der Waals surface area contributed by atoms with Crippen molar-refractivity contribution < 1.29 is 10.2 Å². The van der Waals surface area contributed by atoms with Crippen molar-refractivity contribution in [2.75, 3.05) is 6.61 Å². The fourth-order valence-corrected chi connectivity index (χ4v) is 1.23. The number of rotatable bonds is 3. The Bertz CT molecular complexity index is 377. The van der Waals surface area contributed by atoms with Gasteiger partial charge >= 0.3 is 0 Å². The van der Waals surface area contributed by atoms with Gasteiger partial charge in [0, 0.05) is 15.5 Å². The van der Waals surface area contributed by atoms with Crippen LogP contribution in [-0.2, 0) is 0 Å².